The minimum absolute atomic E-state index is 0.0464. The number of pyridine rings is 1. The van der Waals surface area contributed by atoms with Gasteiger partial charge in [0.1, 0.15) is 0 Å². The molecule has 0 spiro atoms. The van der Waals surface area contributed by atoms with Crippen LogP contribution in [0, 0.1) is 0 Å². The van der Waals surface area contributed by atoms with E-state index < -0.39 is 17.8 Å². The number of nitrogens with zero attached hydrogens (tertiary/aromatic N) is 1. The average molecular weight is 234 g/mol. The Balaban J connectivity index is 2.82. The van der Waals surface area contributed by atoms with E-state index in [0.29, 0.717) is 13.0 Å². The maximum Gasteiger partial charge on any atom is 0.416 e. The molecule has 6 heteroatoms. The molecule has 1 atom stereocenters. The lowest BCUT2D eigenvalue weighted by Crippen LogP contribution is -2.14. The van der Waals surface area contributed by atoms with Crippen molar-refractivity contribution in [1.82, 2.24) is 10.3 Å². The van der Waals surface area contributed by atoms with Crippen LogP contribution in [0.4, 0.5) is 13.2 Å². The van der Waals surface area contributed by atoms with Crippen molar-refractivity contribution in [3.05, 3.63) is 29.6 Å². The van der Waals surface area contributed by atoms with Gasteiger partial charge in [0.05, 0.1) is 17.4 Å². The molecule has 0 radical (unpaired) electrons. The monoisotopic (exact) mass is 234 g/mol. The fraction of sp³-hybridized carbons (Fsp3) is 0.500. The lowest BCUT2D eigenvalue weighted by atomic mass is 10.1. The molecule has 0 aliphatic rings. The highest BCUT2D eigenvalue weighted by molar-refractivity contribution is 5.20. The molecule has 1 aromatic rings. The van der Waals surface area contributed by atoms with Gasteiger partial charge in [-0.25, -0.2) is 0 Å². The molecular formula is C10H13F3N2O. The normalized spacial score (nSPS) is 13.8. The maximum atomic E-state index is 12.4. The second-order valence-corrected chi connectivity index (χ2v) is 3.38. The van der Waals surface area contributed by atoms with E-state index in [2.05, 4.69) is 10.3 Å². The summed E-state index contributed by atoms with van der Waals surface area (Å²) in [5, 5.41) is 12.4. The number of nitrogens with one attached hydrogen (secondary N) is 1. The van der Waals surface area contributed by atoms with Crippen LogP contribution in [0.1, 0.15) is 23.8 Å². The Morgan fingerprint density at radius 2 is 2.19 bits per heavy atom. The molecule has 0 amide bonds. The van der Waals surface area contributed by atoms with E-state index >= 15 is 0 Å². The van der Waals surface area contributed by atoms with Crippen LogP contribution in [0.25, 0.3) is 0 Å². The van der Waals surface area contributed by atoms with Gasteiger partial charge in [0, 0.05) is 6.20 Å². The zero-order valence-electron chi connectivity index (χ0n) is 8.75. The number of hydrogen-bond donors (Lipinski definition) is 2. The summed E-state index contributed by atoms with van der Waals surface area (Å²) in [5.74, 6) is 0. The predicted molar refractivity (Wildman–Crippen MR) is 52.7 cm³/mol. The standard InChI is InChI=1S/C10H13F3N2O/c1-14-4-3-9(16)8-6-7(2-5-15-8)10(11,12)13/h2,5-6,9,14,16H,3-4H2,1H3. The summed E-state index contributed by atoms with van der Waals surface area (Å²) >= 11 is 0. The Morgan fingerprint density at radius 3 is 2.75 bits per heavy atom. The van der Waals surface area contributed by atoms with Crippen LogP contribution in [0.3, 0.4) is 0 Å². The molecule has 0 fully saturated rings. The maximum absolute atomic E-state index is 12.4. The SMILES string of the molecule is CNCCC(O)c1cc(C(F)(F)F)ccn1. The third-order valence-electron chi connectivity index (χ3n) is 2.12. The lowest BCUT2D eigenvalue weighted by molar-refractivity contribution is -0.137. The van der Waals surface area contributed by atoms with Gasteiger partial charge in [-0.2, -0.15) is 13.2 Å². The first kappa shape index (κ1) is 12.9. The Labute approximate surface area is 91.3 Å². The smallest absolute Gasteiger partial charge is 0.387 e. The minimum atomic E-state index is -4.40. The van der Waals surface area contributed by atoms with E-state index in [1.807, 2.05) is 0 Å². The second kappa shape index (κ2) is 5.27. The molecule has 0 saturated heterocycles. The second-order valence-electron chi connectivity index (χ2n) is 3.38. The van der Waals surface area contributed by atoms with Gasteiger partial charge in [0.2, 0.25) is 0 Å². The summed E-state index contributed by atoms with van der Waals surface area (Å²) < 4.78 is 37.1. The van der Waals surface area contributed by atoms with Gasteiger partial charge in [-0.1, -0.05) is 0 Å². The zero-order valence-corrected chi connectivity index (χ0v) is 8.75. The van der Waals surface area contributed by atoms with Crippen molar-refractivity contribution in [3.8, 4) is 0 Å². The highest BCUT2D eigenvalue weighted by atomic mass is 19.4. The molecule has 1 rings (SSSR count). The summed E-state index contributed by atoms with van der Waals surface area (Å²) in [6.45, 7) is 0.513. The number of halogens is 3. The van der Waals surface area contributed by atoms with E-state index in [-0.39, 0.29) is 5.69 Å². The first-order valence-corrected chi connectivity index (χ1v) is 4.81. The Morgan fingerprint density at radius 1 is 1.50 bits per heavy atom. The van der Waals surface area contributed by atoms with Gasteiger partial charge in [-0.05, 0) is 32.1 Å². The van der Waals surface area contributed by atoms with E-state index in [4.69, 9.17) is 0 Å². The Hall–Kier alpha value is -1.14. The van der Waals surface area contributed by atoms with Gasteiger partial charge in [0.25, 0.3) is 0 Å². The van der Waals surface area contributed by atoms with Crippen LogP contribution >= 0.6 is 0 Å². The summed E-state index contributed by atoms with van der Waals surface area (Å²) in [5.41, 5.74) is -0.744. The Kier molecular flexibility index (Phi) is 4.26. The molecule has 16 heavy (non-hydrogen) atoms. The van der Waals surface area contributed by atoms with Gasteiger partial charge in [-0.3, -0.25) is 4.98 Å². The number of aromatic nitrogens is 1. The summed E-state index contributed by atoms with van der Waals surface area (Å²) in [7, 11) is 1.70. The van der Waals surface area contributed by atoms with Crippen LogP contribution < -0.4 is 5.32 Å². The molecule has 0 aliphatic carbocycles. The number of hydrogen-bond acceptors (Lipinski definition) is 3. The molecule has 0 aliphatic heterocycles. The highest BCUT2D eigenvalue weighted by Gasteiger charge is 2.31. The zero-order chi connectivity index (χ0) is 12.2. The molecule has 1 aromatic heterocycles. The predicted octanol–water partition coefficient (Wildman–Crippen LogP) is 1.74. The molecule has 0 aromatic carbocycles. The number of rotatable bonds is 4. The van der Waals surface area contributed by atoms with Crippen molar-refractivity contribution in [2.75, 3.05) is 13.6 Å². The molecule has 1 unspecified atom stereocenters. The fourth-order valence-electron chi connectivity index (χ4n) is 1.24. The van der Waals surface area contributed by atoms with Crippen molar-refractivity contribution in [2.24, 2.45) is 0 Å². The van der Waals surface area contributed by atoms with Crippen molar-refractivity contribution in [1.29, 1.82) is 0 Å². The van der Waals surface area contributed by atoms with Crippen LogP contribution in [-0.2, 0) is 6.18 Å². The number of aliphatic hydroxyl groups excluding tert-OH is 1. The van der Waals surface area contributed by atoms with Gasteiger partial charge in [-0.15, -0.1) is 0 Å². The molecule has 2 N–H and O–H groups in total. The number of alkyl halides is 3. The van der Waals surface area contributed by atoms with Crippen LogP contribution in [0.15, 0.2) is 18.3 Å². The Bertz CT molecular complexity index is 341. The van der Waals surface area contributed by atoms with E-state index in [1.165, 1.54) is 0 Å². The number of aliphatic hydroxyl groups is 1. The van der Waals surface area contributed by atoms with E-state index in [0.717, 1.165) is 18.3 Å². The van der Waals surface area contributed by atoms with Crippen molar-refractivity contribution in [3.63, 3.8) is 0 Å². The quantitative estimate of drug-likeness (QED) is 0.834. The third kappa shape index (κ3) is 3.46. The molecule has 0 saturated carbocycles. The summed E-state index contributed by atoms with van der Waals surface area (Å²) in [6.07, 6.45) is -4.00. The molecule has 0 bridgehead atoms. The van der Waals surface area contributed by atoms with Crippen LogP contribution in [-0.4, -0.2) is 23.7 Å². The lowest BCUT2D eigenvalue weighted by Gasteiger charge is -2.12. The van der Waals surface area contributed by atoms with E-state index in [1.54, 1.807) is 7.05 Å². The van der Waals surface area contributed by atoms with Crippen LogP contribution in [0.5, 0.6) is 0 Å². The fourth-order valence-corrected chi connectivity index (χ4v) is 1.24. The first-order chi connectivity index (χ1) is 7.45. The summed E-state index contributed by atoms with van der Waals surface area (Å²) in [4.78, 5) is 3.73. The largest absolute Gasteiger partial charge is 0.416 e. The molecule has 3 nitrogen and oxygen atoms in total. The summed E-state index contributed by atoms with van der Waals surface area (Å²) in [6, 6.07) is 1.76. The van der Waals surface area contributed by atoms with Crippen molar-refractivity contribution >= 4 is 0 Å². The van der Waals surface area contributed by atoms with Crippen molar-refractivity contribution in [2.45, 2.75) is 18.7 Å². The highest BCUT2D eigenvalue weighted by Crippen LogP contribution is 2.30. The third-order valence-corrected chi connectivity index (χ3v) is 2.12. The molecule has 90 valence electrons. The first-order valence-electron chi connectivity index (χ1n) is 4.81. The molecule has 1 heterocycles. The average Bonchev–Trinajstić information content (AvgIpc) is 2.25. The van der Waals surface area contributed by atoms with Gasteiger partial charge < -0.3 is 10.4 Å². The topological polar surface area (TPSA) is 45.1 Å². The minimum Gasteiger partial charge on any atom is -0.387 e. The van der Waals surface area contributed by atoms with Gasteiger partial charge in [0.15, 0.2) is 0 Å². The van der Waals surface area contributed by atoms with Gasteiger partial charge >= 0.3 is 6.18 Å². The molecular weight excluding hydrogens is 221 g/mol. The van der Waals surface area contributed by atoms with Crippen molar-refractivity contribution < 1.29 is 18.3 Å². The van der Waals surface area contributed by atoms with E-state index in [9.17, 15) is 18.3 Å². The van der Waals surface area contributed by atoms with Crippen LogP contribution in [0.2, 0.25) is 0 Å².